The van der Waals surface area contributed by atoms with Crippen LogP contribution in [-0.4, -0.2) is 30.7 Å². The summed E-state index contributed by atoms with van der Waals surface area (Å²) >= 11 is 0. The number of nitrogens with zero attached hydrogens (tertiary/aromatic N) is 1. The lowest BCUT2D eigenvalue weighted by Gasteiger charge is -2.37. The molecule has 0 spiro atoms. The normalized spacial score (nSPS) is 21.9. The van der Waals surface area contributed by atoms with Crippen molar-refractivity contribution in [1.82, 2.24) is 5.32 Å². The highest BCUT2D eigenvalue weighted by Gasteiger charge is 2.23. The van der Waals surface area contributed by atoms with Gasteiger partial charge in [-0.25, -0.2) is 4.39 Å². The predicted molar refractivity (Wildman–Crippen MR) is 85.5 cm³/mol. The SMILES string of the molecule is CC1CC(C)CN(c2cc(CNCCC(=O)O)ccc2F)C1. The van der Waals surface area contributed by atoms with Gasteiger partial charge in [0.15, 0.2) is 0 Å². The van der Waals surface area contributed by atoms with Crippen LogP contribution in [0.3, 0.4) is 0 Å². The molecule has 0 saturated carbocycles. The third kappa shape index (κ3) is 4.70. The summed E-state index contributed by atoms with van der Waals surface area (Å²) in [5, 5.41) is 11.7. The van der Waals surface area contributed by atoms with E-state index >= 15 is 0 Å². The number of rotatable bonds is 6. The van der Waals surface area contributed by atoms with Gasteiger partial charge in [0.2, 0.25) is 0 Å². The largest absolute Gasteiger partial charge is 0.481 e. The van der Waals surface area contributed by atoms with Gasteiger partial charge in [0, 0.05) is 26.2 Å². The Kier molecular flexibility index (Phi) is 5.77. The zero-order chi connectivity index (χ0) is 16.1. The van der Waals surface area contributed by atoms with E-state index in [9.17, 15) is 9.18 Å². The highest BCUT2D eigenvalue weighted by Crippen LogP contribution is 2.28. The molecule has 1 aliphatic heterocycles. The maximum absolute atomic E-state index is 14.2. The first-order valence-corrected chi connectivity index (χ1v) is 7.91. The Morgan fingerprint density at radius 3 is 2.68 bits per heavy atom. The summed E-state index contributed by atoms with van der Waals surface area (Å²) in [7, 11) is 0. The van der Waals surface area contributed by atoms with Gasteiger partial charge >= 0.3 is 5.97 Å². The van der Waals surface area contributed by atoms with E-state index in [1.807, 2.05) is 6.07 Å². The van der Waals surface area contributed by atoms with Crippen LogP contribution in [0.5, 0.6) is 0 Å². The lowest BCUT2D eigenvalue weighted by molar-refractivity contribution is -0.136. The van der Waals surface area contributed by atoms with E-state index in [1.54, 1.807) is 6.07 Å². The molecular weight excluding hydrogens is 283 g/mol. The highest BCUT2D eigenvalue weighted by molar-refractivity contribution is 5.66. The van der Waals surface area contributed by atoms with Gasteiger partial charge in [-0.2, -0.15) is 0 Å². The number of piperidine rings is 1. The third-order valence-electron chi connectivity index (χ3n) is 4.06. The van der Waals surface area contributed by atoms with Crippen LogP contribution in [-0.2, 0) is 11.3 Å². The fraction of sp³-hybridized carbons (Fsp3) is 0.588. The Morgan fingerprint density at radius 1 is 1.36 bits per heavy atom. The number of hydrogen-bond acceptors (Lipinski definition) is 3. The fourth-order valence-electron chi connectivity index (χ4n) is 3.20. The molecule has 0 aliphatic carbocycles. The van der Waals surface area contributed by atoms with Crippen molar-refractivity contribution in [2.75, 3.05) is 24.5 Å². The number of halogens is 1. The summed E-state index contributed by atoms with van der Waals surface area (Å²) < 4.78 is 14.2. The molecule has 0 bridgehead atoms. The monoisotopic (exact) mass is 308 g/mol. The van der Waals surface area contributed by atoms with E-state index in [1.165, 1.54) is 12.5 Å². The number of anilines is 1. The van der Waals surface area contributed by atoms with E-state index in [2.05, 4.69) is 24.1 Å². The van der Waals surface area contributed by atoms with Gasteiger partial charge in [0.1, 0.15) is 5.82 Å². The Balaban J connectivity index is 2.01. The van der Waals surface area contributed by atoms with Gasteiger partial charge < -0.3 is 15.3 Å². The molecule has 1 aromatic rings. The third-order valence-corrected chi connectivity index (χ3v) is 4.06. The molecule has 2 rings (SSSR count). The summed E-state index contributed by atoms with van der Waals surface area (Å²) in [5.41, 5.74) is 1.64. The Bertz CT molecular complexity index is 511. The van der Waals surface area contributed by atoms with E-state index in [-0.39, 0.29) is 12.2 Å². The maximum Gasteiger partial charge on any atom is 0.304 e. The van der Waals surface area contributed by atoms with Crippen molar-refractivity contribution < 1.29 is 14.3 Å². The molecule has 1 aliphatic rings. The first-order chi connectivity index (χ1) is 10.5. The Morgan fingerprint density at radius 2 is 2.05 bits per heavy atom. The van der Waals surface area contributed by atoms with Gasteiger partial charge in [-0.05, 0) is 36.0 Å². The average Bonchev–Trinajstić information content (AvgIpc) is 2.44. The lowest BCUT2D eigenvalue weighted by atomic mass is 9.91. The number of nitrogens with one attached hydrogen (secondary N) is 1. The maximum atomic E-state index is 14.2. The molecule has 0 radical (unpaired) electrons. The van der Waals surface area contributed by atoms with E-state index in [4.69, 9.17) is 5.11 Å². The van der Waals surface area contributed by atoms with Gasteiger partial charge in [-0.1, -0.05) is 19.9 Å². The lowest BCUT2D eigenvalue weighted by Crippen LogP contribution is -2.39. The molecule has 22 heavy (non-hydrogen) atoms. The van der Waals surface area contributed by atoms with Crippen LogP contribution in [0.4, 0.5) is 10.1 Å². The average molecular weight is 308 g/mol. The van der Waals surface area contributed by atoms with Crippen molar-refractivity contribution in [2.24, 2.45) is 11.8 Å². The molecule has 2 unspecified atom stereocenters. The quantitative estimate of drug-likeness (QED) is 0.794. The van der Waals surface area contributed by atoms with Crippen LogP contribution in [0.25, 0.3) is 0 Å². The molecule has 5 heteroatoms. The van der Waals surface area contributed by atoms with Gasteiger partial charge in [-0.15, -0.1) is 0 Å². The van der Waals surface area contributed by atoms with Crippen molar-refractivity contribution in [3.63, 3.8) is 0 Å². The fourth-order valence-corrected chi connectivity index (χ4v) is 3.20. The summed E-state index contributed by atoms with van der Waals surface area (Å²) in [6.07, 6.45) is 1.28. The summed E-state index contributed by atoms with van der Waals surface area (Å²) in [6.45, 7) is 7.16. The van der Waals surface area contributed by atoms with E-state index < -0.39 is 5.97 Å². The summed E-state index contributed by atoms with van der Waals surface area (Å²) in [4.78, 5) is 12.6. The number of carboxylic acid groups (broad SMARTS) is 1. The minimum Gasteiger partial charge on any atom is -0.481 e. The number of benzene rings is 1. The van der Waals surface area contributed by atoms with Crippen LogP contribution in [0.2, 0.25) is 0 Å². The molecule has 1 aromatic carbocycles. The predicted octanol–water partition coefficient (Wildman–Crippen LogP) is 2.87. The zero-order valence-corrected chi connectivity index (χ0v) is 13.3. The zero-order valence-electron chi connectivity index (χ0n) is 13.3. The highest BCUT2D eigenvalue weighted by atomic mass is 19.1. The first-order valence-electron chi connectivity index (χ1n) is 7.91. The molecule has 1 fully saturated rings. The Labute approximate surface area is 131 Å². The van der Waals surface area contributed by atoms with Crippen molar-refractivity contribution in [3.8, 4) is 0 Å². The van der Waals surface area contributed by atoms with Gasteiger partial charge in [0.05, 0.1) is 12.1 Å². The minimum absolute atomic E-state index is 0.0925. The van der Waals surface area contributed by atoms with E-state index in [0.29, 0.717) is 30.6 Å². The first kappa shape index (κ1) is 16.7. The molecular formula is C17H25FN2O2. The Hall–Kier alpha value is -1.62. The topological polar surface area (TPSA) is 52.6 Å². The van der Waals surface area contributed by atoms with Crippen molar-refractivity contribution in [2.45, 2.75) is 33.2 Å². The molecule has 2 N–H and O–H groups in total. The second kappa shape index (κ2) is 7.58. The molecule has 2 atom stereocenters. The standard InChI is InChI=1S/C17H25FN2O2/c1-12-7-13(2)11-20(10-12)16-8-14(3-4-15(16)18)9-19-6-5-17(21)22/h3-4,8,12-13,19H,5-7,9-11H2,1-2H3,(H,21,22). The smallest absolute Gasteiger partial charge is 0.304 e. The second-order valence-electron chi connectivity index (χ2n) is 6.46. The van der Waals surface area contributed by atoms with Gasteiger partial charge in [0.25, 0.3) is 0 Å². The second-order valence-corrected chi connectivity index (χ2v) is 6.46. The number of aliphatic carboxylic acids is 1. The van der Waals surface area contributed by atoms with Crippen molar-refractivity contribution >= 4 is 11.7 Å². The molecule has 122 valence electrons. The summed E-state index contributed by atoms with van der Waals surface area (Å²) in [6, 6.07) is 5.14. The number of carboxylic acids is 1. The molecule has 0 amide bonds. The number of hydrogen-bond donors (Lipinski definition) is 2. The minimum atomic E-state index is -0.816. The van der Waals surface area contributed by atoms with Crippen LogP contribution in [0.15, 0.2) is 18.2 Å². The van der Waals surface area contributed by atoms with Crippen molar-refractivity contribution in [3.05, 3.63) is 29.6 Å². The van der Waals surface area contributed by atoms with Crippen molar-refractivity contribution in [1.29, 1.82) is 0 Å². The molecule has 4 nitrogen and oxygen atoms in total. The molecule has 1 heterocycles. The van der Waals surface area contributed by atoms with Crippen LogP contribution in [0, 0.1) is 17.7 Å². The number of carbonyl (C=O) groups is 1. The van der Waals surface area contributed by atoms with Crippen LogP contribution >= 0.6 is 0 Å². The van der Waals surface area contributed by atoms with E-state index in [0.717, 1.165) is 18.7 Å². The summed E-state index contributed by atoms with van der Waals surface area (Å²) in [5.74, 6) is 0.139. The van der Waals surface area contributed by atoms with Crippen LogP contribution < -0.4 is 10.2 Å². The molecule has 0 aromatic heterocycles. The van der Waals surface area contributed by atoms with Gasteiger partial charge in [-0.3, -0.25) is 4.79 Å². The van der Waals surface area contributed by atoms with Crippen LogP contribution in [0.1, 0.15) is 32.3 Å². The molecule has 1 saturated heterocycles.